The van der Waals surface area contributed by atoms with E-state index in [2.05, 4.69) is 100 Å². The summed E-state index contributed by atoms with van der Waals surface area (Å²) in [6.45, 7) is 31.9. The van der Waals surface area contributed by atoms with E-state index in [1.54, 1.807) is 0 Å². The molecule has 1 unspecified atom stereocenters. The quantitative estimate of drug-likeness (QED) is 0.125. The second-order valence-electron chi connectivity index (χ2n) is 14.7. The molecule has 0 spiro atoms. The third-order valence-electron chi connectivity index (χ3n) is 9.59. The molecule has 3 nitrogen and oxygen atoms in total. The first kappa shape index (κ1) is 30.7. The largest absolute Gasteiger partial charge is 0.413 e. The second-order valence-corrected chi connectivity index (χ2v) is 24.1. The van der Waals surface area contributed by atoms with Gasteiger partial charge in [0.05, 0.1) is 11.7 Å². The number of ketones is 1. The highest BCUT2D eigenvalue weighted by molar-refractivity contribution is 6.74. The van der Waals surface area contributed by atoms with Gasteiger partial charge in [-0.25, -0.2) is 0 Å². The van der Waals surface area contributed by atoms with Crippen molar-refractivity contribution in [2.75, 3.05) is 0 Å². The molecule has 0 amide bonds. The SMILES string of the molecule is C=C1C[C@H]2[C@H](C=CC(C)(CCCCC)O[Si](C)(C)C(C)(C)C)[C@H](O[Si](C)(C)C(C)(C)C)C[C@@H]2C1=O. The van der Waals surface area contributed by atoms with Gasteiger partial charge in [0.25, 0.3) is 0 Å². The molecule has 0 aromatic carbocycles. The van der Waals surface area contributed by atoms with Gasteiger partial charge in [-0.15, -0.1) is 0 Å². The van der Waals surface area contributed by atoms with Crippen molar-refractivity contribution in [1.82, 2.24) is 0 Å². The monoisotopic (exact) mass is 520 g/mol. The lowest BCUT2D eigenvalue weighted by atomic mass is 9.88. The molecule has 0 saturated heterocycles. The number of carbonyl (C=O) groups excluding carboxylic acids is 1. The average molecular weight is 521 g/mol. The second kappa shape index (κ2) is 10.7. The molecule has 0 heterocycles. The van der Waals surface area contributed by atoms with Gasteiger partial charge in [-0.1, -0.05) is 86.5 Å². The Morgan fingerprint density at radius 1 is 0.971 bits per heavy atom. The molecule has 0 bridgehead atoms. The first-order valence-electron chi connectivity index (χ1n) is 14.0. The fourth-order valence-corrected chi connectivity index (χ4v) is 8.25. The van der Waals surface area contributed by atoms with Gasteiger partial charge >= 0.3 is 0 Å². The standard InChI is InChI=1S/C30H56O3Si2/c1-14-15-16-18-30(9,33-35(12,13)29(6,7)8)19-17-23-24-20-22(2)27(31)25(24)21-26(23)32-34(10,11)28(3,4)5/h17,19,23-26H,2,14-16,18,20-21H2,1,3-13H3/t23-,24-,25-,26+,30?/m0/s1. The Morgan fingerprint density at radius 2 is 1.54 bits per heavy atom. The molecule has 35 heavy (non-hydrogen) atoms. The van der Waals surface area contributed by atoms with E-state index in [0.717, 1.165) is 24.8 Å². The van der Waals surface area contributed by atoms with Crippen LogP contribution in [0.5, 0.6) is 0 Å². The minimum Gasteiger partial charge on any atom is -0.413 e. The number of fused-ring (bicyclic) bond motifs is 1. The van der Waals surface area contributed by atoms with E-state index < -0.39 is 16.6 Å². The van der Waals surface area contributed by atoms with Gasteiger partial charge in [0.1, 0.15) is 0 Å². The Bertz CT molecular complexity index is 799. The van der Waals surface area contributed by atoms with Crippen LogP contribution in [0.3, 0.4) is 0 Å². The van der Waals surface area contributed by atoms with E-state index in [9.17, 15) is 4.79 Å². The zero-order chi connectivity index (χ0) is 27.0. The van der Waals surface area contributed by atoms with Crippen molar-refractivity contribution >= 4 is 22.4 Å². The summed E-state index contributed by atoms with van der Waals surface area (Å²) >= 11 is 0. The van der Waals surface area contributed by atoms with Crippen LogP contribution in [0.15, 0.2) is 24.3 Å². The van der Waals surface area contributed by atoms with Crippen LogP contribution in [-0.4, -0.2) is 34.1 Å². The zero-order valence-electron chi connectivity index (χ0n) is 25.1. The Morgan fingerprint density at radius 3 is 2.06 bits per heavy atom. The van der Waals surface area contributed by atoms with E-state index in [-0.39, 0.29) is 39.4 Å². The predicted octanol–water partition coefficient (Wildman–Crippen LogP) is 9.08. The van der Waals surface area contributed by atoms with Crippen LogP contribution in [0, 0.1) is 17.8 Å². The van der Waals surface area contributed by atoms with Crippen molar-refractivity contribution in [2.24, 2.45) is 17.8 Å². The van der Waals surface area contributed by atoms with E-state index in [1.165, 1.54) is 19.3 Å². The minimum atomic E-state index is -1.95. The zero-order valence-corrected chi connectivity index (χ0v) is 27.1. The molecular formula is C30H56O3Si2. The van der Waals surface area contributed by atoms with Crippen molar-refractivity contribution in [3.8, 4) is 0 Å². The highest BCUT2D eigenvalue weighted by atomic mass is 28.4. The molecule has 0 aromatic rings. The molecule has 2 aliphatic rings. The number of Topliss-reactive ketones (excluding diaryl/α,β-unsaturated/α-hetero) is 1. The maximum atomic E-state index is 12.9. The summed E-state index contributed by atoms with van der Waals surface area (Å²) in [6.07, 6.45) is 11.1. The van der Waals surface area contributed by atoms with Gasteiger partial charge in [0, 0.05) is 11.8 Å². The number of hydrogen-bond donors (Lipinski definition) is 0. The summed E-state index contributed by atoms with van der Waals surface area (Å²) in [5.41, 5.74) is 0.518. The van der Waals surface area contributed by atoms with Crippen LogP contribution >= 0.6 is 0 Å². The summed E-state index contributed by atoms with van der Waals surface area (Å²) in [7, 11) is -3.90. The minimum absolute atomic E-state index is 0.0691. The topological polar surface area (TPSA) is 35.5 Å². The number of hydrogen-bond acceptors (Lipinski definition) is 3. The van der Waals surface area contributed by atoms with E-state index >= 15 is 0 Å². The molecule has 5 heteroatoms. The van der Waals surface area contributed by atoms with Crippen LogP contribution in [-0.2, 0) is 13.6 Å². The summed E-state index contributed by atoms with van der Waals surface area (Å²) in [5, 5.41) is 0.307. The molecule has 0 aliphatic heterocycles. The molecule has 2 rings (SSSR count). The third-order valence-corrected chi connectivity index (χ3v) is 18.7. The molecule has 0 N–H and O–H groups in total. The molecule has 2 aliphatic carbocycles. The van der Waals surface area contributed by atoms with Crippen molar-refractivity contribution < 1.29 is 13.6 Å². The Hall–Kier alpha value is -0.496. The molecule has 2 saturated carbocycles. The fourth-order valence-electron chi connectivity index (χ4n) is 5.25. The Labute approximate surface area is 219 Å². The highest BCUT2D eigenvalue weighted by Gasteiger charge is 2.53. The lowest BCUT2D eigenvalue weighted by molar-refractivity contribution is -0.118. The van der Waals surface area contributed by atoms with Crippen LogP contribution in [0.4, 0.5) is 0 Å². The van der Waals surface area contributed by atoms with Crippen molar-refractivity contribution in [1.29, 1.82) is 0 Å². The normalized spacial score (nSPS) is 28.1. The predicted molar refractivity (Wildman–Crippen MR) is 156 cm³/mol. The van der Waals surface area contributed by atoms with E-state index in [4.69, 9.17) is 8.85 Å². The maximum absolute atomic E-state index is 12.9. The lowest BCUT2D eigenvalue weighted by Gasteiger charge is -2.43. The van der Waals surface area contributed by atoms with Gasteiger partial charge in [0.2, 0.25) is 0 Å². The molecule has 0 radical (unpaired) electrons. The van der Waals surface area contributed by atoms with Crippen LogP contribution in [0.2, 0.25) is 36.3 Å². The van der Waals surface area contributed by atoms with Crippen LogP contribution < -0.4 is 0 Å². The lowest BCUT2D eigenvalue weighted by Crippen LogP contribution is -2.48. The molecular weight excluding hydrogens is 464 g/mol. The van der Waals surface area contributed by atoms with Gasteiger partial charge in [-0.2, -0.15) is 0 Å². The maximum Gasteiger partial charge on any atom is 0.193 e. The molecule has 0 aromatic heterocycles. The smallest absolute Gasteiger partial charge is 0.193 e. The number of carbonyl (C=O) groups is 1. The summed E-state index contributed by atoms with van der Waals surface area (Å²) < 4.78 is 14.1. The molecule has 2 fully saturated rings. The van der Waals surface area contributed by atoms with Gasteiger partial charge in [0.15, 0.2) is 22.4 Å². The number of rotatable bonds is 10. The average Bonchev–Trinajstić information content (AvgIpc) is 3.13. The molecule has 5 atom stereocenters. The Kier molecular flexibility index (Phi) is 9.40. The summed E-state index contributed by atoms with van der Waals surface area (Å²) in [4.78, 5) is 12.9. The van der Waals surface area contributed by atoms with Crippen molar-refractivity contribution in [3.05, 3.63) is 24.3 Å². The van der Waals surface area contributed by atoms with Crippen LogP contribution in [0.1, 0.15) is 93.9 Å². The van der Waals surface area contributed by atoms with Gasteiger partial charge < -0.3 is 8.85 Å². The summed E-state index contributed by atoms with van der Waals surface area (Å²) in [5.74, 6) is 0.900. The molecule has 202 valence electrons. The van der Waals surface area contributed by atoms with Gasteiger partial charge in [-0.3, -0.25) is 4.79 Å². The van der Waals surface area contributed by atoms with E-state index in [1.807, 2.05) is 0 Å². The van der Waals surface area contributed by atoms with Crippen molar-refractivity contribution in [2.45, 2.75) is 142 Å². The third kappa shape index (κ3) is 7.09. The Balaban J connectivity index is 2.39. The first-order valence-corrected chi connectivity index (χ1v) is 19.9. The summed E-state index contributed by atoms with van der Waals surface area (Å²) in [6, 6.07) is 0. The van der Waals surface area contributed by atoms with E-state index in [0.29, 0.717) is 5.92 Å². The first-order chi connectivity index (χ1) is 15.7. The van der Waals surface area contributed by atoms with Crippen molar-refractivity contribution in [3.63, 3.8) is 0 Å². The number of allylic oxidation sites excluding steroid dienone is 1. The van der Waals surface area contributed by atoms with Gasteiger partial charge in [-0.05, 0) is 73.9 Å². The number of unbranched alkanes of at least 4 members (excludes halogenated alkanes) is 2. The highest BCUT2D eigenvalue weighted by Crippen LogP contribution is 2.51. The van der Waals surface area contributed by atoms with Crippen LogP contribution in [0.25, 0.3) is 0 Å². The fraction of sp³-hybridized carbons (Fsp3) is 0.833.